The third-order valence-corrected chi connectivity index (χ3v) is 5.20. The molecule has 1 aromatic carbocycles. The van der Waals surface area contributed by atoms with Crippen molar-refractivity contribution in [2.24, 2.45) is 13.0 Å². The average Bonchev–Trinajstić information content (AvgIpc) is 3.33. The summed E-state index contributed by atoms with van der Waals surface area (Å²) in [5.74, 6) is 0.316. The van der Waals surface area contributed by atoms with Crippen molar-refractivity contribution in [2.75, 3.05) is 19.7 Å². The highest BCUT2D eigenvalue weighted by atomic mass is 16.3. The second-order valence-electron chi connectivity index (χ2n) is 6.83. The van der Waals surface area contributed by atoms with Crippen LogP contribution in [0.25, 0.3) is 10.9 Å². The van der Waals surface area contributed by atoms with Crippen molar-refractivity contribution in [3.63, 3.8) is 0 Å². The predicted octanol–water partition coefficient (Wildman–Crippen LogP) is 1.68. The van der Waals surface area contributed by atoms with E-state index in [1.54, 1.807) is 4.68 Å². The van der Waals surface area contributed by atoms with Gasteiger partial charge in [0.2, 0.25) is 5.91 Å². The Labute approximate surface area is 146 Å². The van der Waals surface area contributed by atoms with E-state index in [-0.39, 0.29) is 24.3 Å². The lowest BCUT2D eigenvalue weighted by Gasteiger charge is -2.16. The zero-order valence-corrected chi connectivity index (χ0v) is 14.2. The second kappa shape index (κ2) is 6.37. The van der Waals surface area contributed by atoms with E-state index in [0.717, 1.165) is 22.0 Å². The molecule has 25 heavy (non-hydrogen) atoms. The van der Waals surface area contributed by atoms with Crippen molar-refractivity contribution in [1.29, 1.82) is 0 Å². The molecule has 0 radical (unpaired) electrons. The highest BCUT2D eigenvalue weighted by Crippen LogP contribution is 2.32. The lowest BCUT2D eigenvalue weighted by molar-refractivity contribution is -0.129. The van der Waals surface area contributed by atoms with E-state index in [1.165, 1.54) is 0 Å². The van der Waals surface area contributed by atoms with Crippen LogP contribution in [0.4, 0.5) is 0 Å². The summed E-state index contributed by atoms with van der Waals surface area (Å²) in [7, 11) is 1.88. The maximum absolute atomic E-state index is 12.8. The highest BCUT2D eigenvalue weighted by Gasteiger charge is 2.36. The van der Waals surface area contributed by atoms with E-state index in [0.29, 0.717) is 19.5 Å². The van der Waals surface area contributed by atoms with Crippen LogP contribution in [0.1, 0.15) is 17.0 Å². The van der Waals surface area contributed by atoms with Crippen LogP contribution in [-0.2, 0) is 18.3 Å². The van der Waals surface area contributed by atoms with E-state index < -0.39 is 0 Å². The van der Waals surface area contributed by atoms with E-state index in [1.807, 2.05) is 54.8 Å². The molecule has 1 aliphatic heterocycles. The number of hydrogen-bond donors (Lipinski definition) is 2. The summed E-state index contributed by atoms with van der Waals surface area (Å²) in [6.07, 6.45) is 6.10. The van der Waals surface area contributed by atoms with Crippen LogP contribution in [0.5, 0.6) is 0 Å². The first-order chi connectivity index (χ1) is 12.2. The van der Waals surface area contributed by atoms with Crippen molar-refractivity contribution in [3.8, 4) is 0 Å². The standard InChI is InChI=1S/C19H22N4O2/c1-22-9-14(8-21-22)17-11-23(10-15(17)12-24)19(25)6-13-7-20-18-5-3-2-4-16(13)18/h2-5,7-9,15,17,20,24H,6,10-12H2,1H3/t15-,17-/m0/s1. The third-order valence-electron chi connectivity index (χ3n) is 5.20. The molecule has 0 aliphatic carbocycles. The Balaban J connectivity index is 1.51. The average molecular weight is 338 g/mol. The SMILES string of the molecule is Cn1cc([C@@H]2CN(C(=O)Cc3c[nH]c4ccccc34)C[C@H]2CO)cn1. The normalized spacial score (nSPS) is 20.5. The summed E-state index contributed by atoms with van der Waals surface area (Å²) in [5.41, 5.74) is 3.16. The topological polar surface area (TPSA) is 74.2 Å². The minimum Gasteiger partial charge on any atom is -0.396 e. The third kappa shape index (κ3) is 2.93. The number of fused-ring (bicyclic) bond motifs is 1. The van der Waals surface area contributed by atoms with Gasteiger partial charge in [0, 0.05) is 61.9 Å². The predicted molar refractivity (Wildman–Crippen MR) is 95.1 cm³/mol. The highest BCUT2D eigenvalue weighted by molar-refractivity contribution is 5.89. The van der Waals surface area contributed by atoms with E-state index >= 15 is 0 Å². The van der Waals surface area contributed by atoms with E-state index in [2.05, 4.69) is 10.1 Å². The van der Waals surface area contributed by atoms with Crippen molar-refractivity contribution < 1.29 is 9.90 Å². The van der Waals surface area contributed by atoms with Gasteiger partial charge >= 0.3 is 0 Å². The largest absolute Gasteiger partial charge is 0.396 e. The molecule has 0 unspecified atom stereocenters. The number of aliphatic hydroxyl groups excluding tert-OH is 1. The number of hydrogen-bond acceptors (Lipinski definition) is 3. The number of aromatic amines is 1. The van der Waals surface area contributed by atoms with Crippen LogP contribution in [0.3, 0.4) is 0 Å². The first-order valence-electron chi connectivity index (χ1n) is 8.58. The van der Waals surface area contributed by atoms with Crippen molar-refractivity contribution >= 4 is 16.8 Å². The molecule has 1 fully saturated rings. The van der Waals surface area contributed by atoms with Gasteiger partial charge in [-0.05, 0) is 17.2 Å². The molecule has 6 nitrogen and oxygen atoms in total. The van der Waals surface area contributed by atoms with Crippen LogP contribution < -0.4 is 0 Å². The van der Waals surface area contributed by atoms with Crippen LogP contribution in [0.15, 0.2) is 42.9 Å². The van der Waals surface area contributed by atoms with Crippen LogP contribution in [0, 0.1) is 5.92 Å². The molecule has 1 saturated heterocycles. The fourth-order valence-electron chi connectivity index (χ4n) is 3.82. The molecule has 2 N–H and O–H groups in total. The molecule has 3 aromatic rings. The number of nitrogens with zero attached hydrogens (tertiary/aromatic N) is 3. The first-order valence-corrected chi connectivity index (χ1v) is 8.58. The zero-order valence-electron chi connectivity index (χ0n) is 14.2. The number of benzene rings is 1. The quantitative estimate of drug-likeness (QED) is 0.760. The number of aromatic nitrogens is 3. The molecule has 2 aromatic heterocycles. The van der Waals surface area contributed by atoms with Crippen LogP contribution >= 0.6 is 0 Å². The van der Waals surface area contributed by atoms with Crippen LogP contribution in [-0.4, -0.2) is 50.4 Å². The summed E-state index contributed by atoms with van der Waals surface area (Å²) in [6, 6.07) is 8.02. The Hall–Kier alpha value is -2.60. The monoisotopic (exact) mass is 338 g/mol. The van der Waals surface area contributed by atoms with Gasteiger partial charge in [-0.1, -0.05) is 18.2 Å². The molecule has 2 atom stereocenters. The lowest BCUT2D eigenvalue weighted by Crippen LogP contribution is -2.30. The Bertz CT molecular complexity index is 898. The van der Waals surface area contributed by atoms with Gasteiger partial charge in [0.25, 0.3) is 0 Å². The summed E-state index contributed by atoms with van der Waals surface area (Å²) < 4.78 is 1.76. The fourth-order valence-corrected chi connectivity index (χ4v) is 3.82. The lowest BCUT2D eigenvalue weighted by atomic mass is 9.92. The van der Waals surface area contributed by atoms with Gasteiger partial charge < -0.3 is 15.0 Å². The number of para-hydroxylation sites is 1. The van der Waals surface area contributed by atoms with Crippen molar-refractivity contribution in [3.05, 3.63) is 54.0 Å². The molecule has 4 rings (SSSR count). The van der Waals surface area contributed by atoms with Gasteiger partial charge in [0.15, 0.2) is 0 Å². The van der Waals surface area contributed by atoms with Gasteiger partial charge in [0.05, 0.1) is 12.6 Å². The number of amides is 1. The number of likely N-dealkylation sites (tertiary alicyclic amines) is 1. The number of aliphatic hydroxyl groups is 1. The van der Waals surface area contributed by atoms with Crippen molar-refractivity contribution in [1.82, 2.24) is 19.7 Å². The van der Waals surface area contributed by atoms with Crippen LogP contribution in [0.2, 0.25) is 0 Å². The summed E-state index contributed by atoms with van der Waals surface area (Å²) in [4.78, 5) is 17.9. The molecule has 0 spiro atoms. The maximum atomic E-state index is 12.8. The fraction of sp³-hybridized carbons (Fsp3) is 0.368. The summed E-state index contributed by atoms with van der Waals surface area (Å²) in [6.45, 7) is 1.31. The van der Waals surface area contributed by atoms with Gasteiger partial charge in [-0.2, -0.15) is 5.10 Å². The summed E-state index contributed by atoms with van der Waals surface area (Å²) in [5, 5.41) is 15.0. The number of rotatable bonds is 4. The summed E-state index contributed by atoms with van der Waals surface area (Å²) >= 11 is 0. The smallest absolute Gasteiger partial charge is 0.227 e. The first kappa shape index (κ1) is 15.9. The number of nitrogens with one attached hydrogen (secondary N) is 1. The number of H-pyrrole nitrogens is 1. The minimum atomic E-state index is 0.0659. The number of carbonyl (C=O) groups is 1. The Morgan fingerprint density at radius 3 is 2.96 bits per heavy atom. The molecule has 1 amide bonds. The maximum Gasteiger partial charge on any atom is 0.227 e. The Kier molecular flexibility index (Phi) is 4.05. The van der Waals surface area contributed by atoms with Crippen molar-refractivity contribution in [2.45, 2.75) is 12.3 Å². The molecule has 3 heterocycles. The molecule has 0 bridgehead atoms. The van der Waals surface area contributed by atoms with Gasteiger partial charge in [-0.3, -0.25) is 9.48 Å². The minimum absolute atomic E-state index is 0.0659. The Morgan fingerprint density at radius 2 is 2.20 bits per heavy atom. The zero-order chi connectivity index (χ0) is 17.4. The molecular weight excluding hydrogens is 316 g/mol. The number of carbonyl (C=O) groups excluding carboxylic acids is 1. The van der Waals surface area contributed by atoms with E-state index in [4.69, 9.17) is 0 Å². The van der Waals surface area contributed by atoms with Gasteiger partial charge in [-0.15, -0.1) is 0 Å². The van der Waals surface area contributed by atoms with Gasteiger partial charge in [-0.25, -0.2) is 0 Å². The molecular formula is C19H22N4O2. The number of aryl methyl sites for hydroxylation is 1. The van der Waals surface area contributed by atoms with E-state index in [9.17, 15) is 9.90 Å². The molecule has 6 heteroatoms. The second-order valence-corrected chi connectivity index (χ2v) is 6.83. The van der Waals surface area contributed by atoms with Gasteiger partial charge in [0.1, 0.15) is 0 Å². The molecule has 0 saturated carbocycles. The molecule has 1 aliphatic rings. The Morgan fingerprint density at radius 1 is 1.36 bits per heavy atom. The molecule has 130 valence electrons.